The highest BCUT2D eigenvalue weighted by Crippen LogP contribution is 2.32. The minimum absolute atomic E-state index is 0.292. The normalized spacial score (nSPS) is 15.3. The van der Waals surface area contributed by atoms with Gasteiger partial charge in [0.1, 0.15) is 11.6 Å². The van der Waals surface area contributed by atoms with E-state index in [1.54, 1.807) is 25.7 Å². The van der Waals surface area contributed by atoms with Crippen molar-refractivity contribution in [3.8, 4) is 17.2 Å². The van der Waals surface area contributed by atoms with Gasteiger partial charge in [0.05, 0.1) is 18.9 Å². The fourth-order valence-corrected chi connectivity index (χ4v) is 3.15. The molecule has 25 heavy (non-hydrogen) atoms. The van der Waals surface area contributed by atoms with Crippen molar-refractivity contribution in [3.05, 3.63) is 48.7 Å². The van der Waals surface area contributed by atoms with Gasteiger partial charge < -0.3 is 14.2 Å². The number of hydrogen-bond donors (Lipinski definition) is 0. The minimum atomic E-state index is 0.292. The Hall–Kier alpha value is -2.96. The summed E-state index contributed by atoms with van der Waals surface area (Å²) in [6.45, 7) is 1.81. The first kappa shape index (κ1) is 15.6. The molecule has 3 heterocycles. The molecule has 0 amide bonds. The van der Waals surface area contributed by atoms with Crippen molar-refractivity contribution < 1.29 is 9.26 Å². The quantitative estimate of drug-likeness (QED) is 0.724. The highest BCUT2D eigenvalue weighted by Gasteiger charge is 2.26. The van der Waals surface area contributed by atoms with E-state index in [4.69, 9.17) is 9.26 Å². The Labute approximate surface area is 145 Å². The van der Waals surface area contributed by atoms with Crippen LogP contribution in [0.15, 0.2) is 47.4 Å². The lowest BCUT2D eigenvalue weighted by Crippen LogP contribution is -2.33. The first-order valence-electron chi connectivity index (χ1n) is 8.33. The zero-order valence-electron chi connectivity index (χ0n) is 14.0. The number of para-hydroxylation sites is 1. The van der Waals surface area contributed by atoms with Gasteiger partial charge in [0.15, 0.2) is 5.82 Å². The Morgan fingerprint density at radius 3 is 2.76 bits per heavy atom. The van der Waals surface area contributed by atoms with Gasteiger partial charge in [-0.2, -0.15) is 4.98 Å². The molecular formula is C18H19N5O2. The molecule has 0 aliphatic carbocycles. The molecule has 1 aromatic carbocycles. The van der Waals surface area contributed by atoms with Crippen LogP contribution in [-0.2, 0) is 0 Å². The molecule has 2 aromatic heterocycles. The van der Waals surface area contributed by atoms with Crippen molar-refractivity contribution in [2.75, 3.05) is 25.1 Å². The molecule has 0 bridgehead atoms. The number of hydrogen-bond acceptors (Lipinski definition) is 7. The van der Waals surface area contributed by atoms with Crippen LogP contribution in [0.1, 0.15) is 24.6 Å². The smallest absolute Gasteiger partial charge is 0.261 e. The number of benzene rings is 1. The Balaban J connectivity index is 1.47. The predicted octanol–water partition coefficient (Wildman–Crippen LogP) is 2.92. The summed E-state index contributed by atoms with van der Waals surface area (Å²) in [5, 5.41) is 4.20. The molecule has 0 spiro atoms. The van der Waals surface area contributed by atoms with Gasteiger partial charge in [0, 0.05) is 31.4 Å². The van der Waals surface area contributed by atoms with Gasteiger partial charge >= 0.3 is 0 Å². The Morgan fingerprint density at radius 1 is 1.16 bits per heavy atom. The van der Waals surface area contributed by atoms with Crippen molar-refractivity contribution >= 4 is 5.82 Å². The molecule has 1 aliphatic heterocycles. The lowest BCUT2D eigenvalue weighted by atomic mass is 9.96. The topological polar surface area (TPSA) is 77.2 Å². The van der Waals surface area contributed by atoms with Crippen LogP contribution in [0.3, 0.4) is 0 Å². The van der Waals surface area contributed by atoms with Gasteiger partial charge in [-0.15, -0.1) is 0 Å². The molecule has 0 atom stereocenters. The second kappa shape index (κ2) is 6.88. The highest BCUT2D eigenvalue weighted by molar-refractivity contribution is 5.62. The number of nitrogens with zero attached hydrogens (tertiary/aromatic N) is 5. The van der Waals surface area contributed by atoms with E-state index in [2.05, 4.69) is 25.0 Å². The van der Waals surface area contributed by atoms with E-state index in [0.717, 1.165) is 48.9 Å². The first-order valence-corrected chi connectivity index (χ1v) is 8.33. The summed E-state index contributed by atoms with van der Waals surface area (Å²) in [5.41, 5.74) is 0.820. The van der Waals surface area contributed by atoms with E-state index in [1.165, 1.54) is 0 Å². The van der Waals surface area contributed by atoms with Crippen LogP contribution in [0, 0.1) is 0 Å². The average molecular weight is 337 g/mol. The summed E-state index contributed by atoms with van der Waals surface area (Å²) in [4.78, 5) is 15.3. The van der Waals surface area contributed by atoms with Crippen LogP contribution in [0.25, 0.3) is 11.5 Å². The van der Waals surface area contributed by atoms with Crippen LogP contribution in [0.5, 0.6) is 5.75 Å². The zero-order valence-corrected chi connectivity index (χ0v) is 14.0. The molecule has 7 nitrogen and oxygen atoms in total. The van der Waals surface area contributed by atoms with E-state index in [-0.39, 0.29) is 0 Å². The maximum absolute atomic E-state index is 5.48. The third-order valence-electron chi connectivity index (χ3n) is 4.51. The molecule has 3 aromatic rings. The van der Waals surface area contributed by atoms with Crippen molar-refractivity contribution in [3.63, 3.8) is 0 Å². The molecule has 7 heteroatoms. The lowest BCUT2D eigenvalue weighted by molar-refractivity contribution is 0.393. The fraction of sp³-hybridized carbons (Fsp3) is 0.333. The number of aromatic nitrogens is 4. The third kappa shape index (κ3) is 3.17. The molecule has 0 saturated carbocycles. The van der Waals surface area contributed by atoms with Crippen molar-refractivity contribution in [1.82, 2.24) is 20.1 Å². The van der Waals surface area contributed by atoms with Crippen molar-refractivity contribution in [1.29, 1.82) is 0 Å². The average Bonchev–Trinajstić information content (AvgIpc) is 3.19. The zero-order chi connectivity index (χ0) is 17.1. The van der Waals surface area contributed by atoms with Crippen LogP contribution in [0.4, 0.5) is 5.82 Å². The molecule has 0 N–H and O–H groups in total. The Bertz CT molecular complexity index is 828. The summed E-state index contributed by atoms with van der Waals surface area (Å²) in [5.74, 6) is 3.21. The molecule has 4 rings (SSSR count). The van der Waals surface area contributed by atoms with Gasteiger partial charge in [-0.1, -0.05) is 17.3 Å². The van der Waals surface area contributed by atoms with E-state index in [0.29, 0.717) is 11.8 Å². The number of rotatable bonds is 4. The summed E-state index contributed by atoms with van der Waals surface area (Å²) in [6.07, 6.45) is 7.13. The summed E-state index contributed by atoms with van der Waals surface area (Å²) in [6, 6.07) is 7.66. The predicted molar refractivity (Wildman–Crippen MR) is 92.5 cm³/mol. The molecular weight excluding hydrogens is 318 g/mol. The molecule has 1 saturated heterocycles. The maximum Gasteiger partial charge on any atom is 0.261 e. The molecule has 128 valence electrons. The Morgan fingerprint density at radius 2 is 2.00 bits per heavy atom. The van der Waals surface area contributed by atoms with E-state index in [9.17, 15) is 0 Å². The molecule has 1 aliphatic rings. The van der Waals surface area contributed by atoms with Crippen LogP contribution in [0.2, 0.25) is 0 Å². The van der Waals surface area contributed by atoms with Gasteiger partial charge in [-0.3, -0.25) is 4.98 Å². The third-order valence-corrected chi connectivity index (χ3v) is 4.51. The highest BCUT2D eigenvalue weighted by atomic mass is 16.5. The fourth-order valence-electron chi connectivity index (χ4n) is 3.15. The second-order valence-corrected chi connectivity index (χ2v) is 5.98. The van der Waals surface area contributed by atoms with Crippen LogP contribution >= 0.6 is 0 Å². The van der Waals surface area contributed by atoms with E-state index >= 15 is 0 Å². The SMILES string of the molecule is COc1ccccc1-c1nc(C2CCN(c3cnccn3)CC2)no1. The standard InChI is InChI=1S/C18H19N5O2/c1-24-15-5-3-2-4-14(15)18-21-17(22-25-18)13-6-10-23(11-7-13)16-12-19-8-9-20-16/h2-5,8-9,12-13H,6-7,10-11H2,1H3. The van der Waals surface area contributed by atoms with Crippen LogP contribution in [-0.4, -0.2) is 40.3 Å². The number of ether oxygens (including phenoxy) is 1. The summed E-state index contributed by atoms with van der Waals surface area (Å²) >= 11 is 0. The van der Waals surface area contributed by atoms with Gasteiger partial charge in [0.25, 0.3) is 5.89 Å². The number of piperidine rings is 1. The molecule has 0 unspecified atom stereocenters. The van der Waals surface area contributed by atoms with Crippen molar-refractivity contribution in [2.24, 2.45) is 0 Å². The van der Waals surface area contributed by atoms with Gasteiger partial charge in [-0.05, 0) is 25.0 Å². The van der Waals surface area contributed by atoms with Crippen molar-refractivity contribution in [2.45, 2.75) is 18.8 Å². The lowest BCUT2D eigenvalue weighted by Gasteiger charge is -2.31. The minimum Gasteiger partial charge on any atom is -0.496 e. The maximum atomic E-state index is 5.48. The van der Waals surface area contributed by atoms with Crippen LogP contribution < -0.4 is 9.64 Å². The second-order valence-electron chi connectivity index (χ2n) is 5.98. The van der Waals surface area contributed by atoms with Gasteiger partial charge in [-0.25, -0.2) is 4.98 Å². The summed E-state index contributed by atoms with van der Waals surface area (Å²) in [7, 11) is 1.64. The summed E-state index contributed by atoms with van der Waals surface area (Å²) < 4.78 is 10.9. The molecule has 1 fully saturated rings. The Kier molecular flexibility index (Phi) is 4.28. The van der Waals surface area contributed by atoms with E-state index in [1.807, 2.05) is 24.3 Å². The first-order chi connectivity index (χ1) is 12.3. The molecule has 0 radical (unpaired) electrons. The van der Waals surface area contributed by atoms with Gasteiger partial charge in [0.2, 0.25) is 0 Å². The van der Waals surface area contributed by atoms with E-state index < -0.39 is 0 Å². The monoisotopic (exact) mass is 337 g/mol. The largest absolute Gasteiger partial charge is 0.496 e. The number of anilines is 1. The number of methoxy groups -OCH3 is 1.